The first-order valence-corrected chi connectivity index (χ1v) is 7.30. The molecule has 2 rings (SSSR count). The molecule has 1 amide bonds. The number of hydrogen-bond donors (Lipinski definition) is 1. The highest BCUT2D eigenvalue weighted by Crippen LogP contribution is 2.24. The zero-order valence-corrected chi connectivity index (χ0v) is 12.9. The number of rotatable bonds is 4. The number of piperidine rings is 1. The Balaban J connectivity index is 0.00000200. The summed E-state index contributed by atoms with van der Waals surface area (Å²) in [5.41, 5.74) is 6.87. The Morgan fingerprint density at radius 3 is 2.70 bits per heavy atom. The van der Waals surface area contributed by atoms with Crippen LogP contribution >= 0.6 is 12.4 Å². The van der Waals surface area contributed by atoms with E-state index in [1.165, 1.54) is 6.42 Å². The molecule has 0 spiro atoms. The van der Waals surface area contributed by atoms with E-state index < -0.39 is 0 Å². The molecule has 20 heavy (non-hydrogen) atoms. The first-order valence-electron chi connectivity index (χ1n) is 7.30. The van der Waals surface area contributed by atoms with Gasteiger partial charge in [-0.15, -0.1) is 12.4 Å². The molecule has 0 aromatic heterocycles. The van der Waals surface area contributed by atoms with Gasteiger partial charge >= 0.3 is 0 Å². The Hall–Kier alpha value is -1.06. The highest BCUT2D eigenvalue weighted by molar-refractivity contribution is 5.85. The highest BCUT2D eigenvalue weighted by atomic mass is 35.5. The number of amides is 1. The maximum Gasteiger partial charge on any atom is 0.231 e. The Morgan fingerprint density at radius 2 is 2.10 bits per heavy atom. The second kappa shape index (κ2) is 8.28. The second-order valence-electron chi connectivity index (χ2n) is 5.40. The van der Waals surface area contributed by atoms with E-state index in [1.54, 1.807) is 0 Å². The Bertz CT molecular complexity index is 410. The average Bonchev–Trinajstić information content (AvgIpc) is 2.49. The Labute approximate surface area is 127 Å². The number of hydrogen-bond acceptors (Lipinski definition) is 2. The zero-order chi connectivity index (χ0) is 13.7. The van der Waals surface area contributed by atoms with Gasteiger partial charge in [0.2, 0.25) is 5.91 Å². The van der Waals surface area contributed by atoms with Crippen LogP contribution in [0.3, 0.4) is 0 Å². The molecule has 1 fully saturated rings. The maximum absolute atomic E-state index is 12.6. The maximum atomic E-state index is 12.6. The van der Waals surface area contributed by atoms with Crippen molar-refractivity contribution in [2.75, 3.05) is 19.6 Å². The van der Waals surface area contributed by atoms with Gasteiger partial charge in [-0.05, 0) is 24.3 Å². The fourth-order valence-corrected chi connectivity index (χ4v) is 2.88. The molecular formula is C16H25ClN2O. The zero-order valence-electron chi connectivity index (χ0n) is 12.1. The summed E-state index contributed by atoms with van der Waals surface area (Å²) < 4.78 is 0. The van der Waals surface area contributed by atoms with Crippen LogP contribution in [0.15, 0.2) is 30.3 Å². The van der Waals surface area contributed by atoms with Gasteiger partial charge in [-0.2, -0.15) is 0 Å². The van der Waals surface area contributed by atoms with Crippen molar-refractivity contribution in [3.63, 3.8) is 0 Å². The molecule has 1 aromatic carbocycles. The van der Waals surface area contributed by atoms with E-state index in [-0.39, 0.29) is 24.2 Å². The van der Waals surface area contributed by atoms with Crippen LogP contribution in [0.25, 0.3) is 0 Å². The van der Waals surface area contributed by atoms with Gasteiger partial charge in [0.1, 0.15) is 0 Å². The number of nitrogens with two attached hydrogens (primary N) is 1. The lowest BCUT2D eigenvalue weighted by Gasteiger charge is -2.34. The van der Waals surface area contributed by atoms with Crippen molar-refractivity contribution in [2.45, 2.75) is 32.1 Å². The van der Waals surface area contributed by atoms with Gasteiger partial charge in [0.15, 0.2) is 0 Å². The Morgan fingerprint density at radius 1 is 1.40 bits per heavy atom. The summed E-state index contributed by atoms with van der Waals surface area (Å²) in [6.45, 7) is 4.38. The molecule has 2 N–H and O–H groups in total. The number of nitrogens with zero attached hydrogens (tertiary/aromatic N) is 1. The van der Waals surface area contributed by atoms with Crippen LogP contribution in [0.2, 0.25) is 0 Å². The average molecular weight is 297 g/mol. The lowest BCUT2D eigenvalue weighted by molar-refractivity contribution is -0.134. The van der Waals surface area contributed by atoms with Crippen LogP contribution in [-0.4, -0.2) is 30.4 Å². The quantitative estimate of drug-likeness (QED) is 0.929. The molecule has 112 valence electrons. The molecule has 2 unspecified atom stereocenters. The lowest BCUT2D eigenvalue weighted by Crippen LogP contribution is -2.43. The topological polar surface area (TPSA) is 46.3 Å². The summed E-state index contributed by atoms with van der Waals surface area (Å²) in [7, 11) is 0. The molecule has 3 nitrogen and oxygen atoms in total. The smallest absolute Gasteiger partial charge is 0.231 e. The SMILES string of the molecule is CCC1CCCN(C(=O)C(CN)c2ccccc2)C1.Cl. The largest absolute Gasteiger partial charge is 0.342 e. The van der Waals surface area contributed by atoms with Crippen molar-refractivity contribution in [3.8, 4) is 0 Å². The molecule has 1 saturated heterocycles. The van der Waals surface area contributed by atoms with Gasteiger partial charge in [-0.1, -0.05) is 43.7 Å². The molecule has 1 heterocycles. The van der Waals surface area contributed by atoms with Gasteiger partial charge in [-0.25, -0.2) is 0 Å². The first-order chi connectivity index (χ1) is 9.26. The van der Waals surface area contributed by atoms with Crippen LogP contribution in [0.1, 0.15) is 37.7 Å². The van der Waals surface area contributed by atoms with Gasteiger partial charge in [0, 0.05) is 19.6 Å². The fraction of sp³-hybridized carbons (Fsp3) is 0.562. The van der Waals surface area contributed by atoms with Crippen molar-refractivity contribution >= 4 is 18.3 Å². The third kappa shape index (κ3) is 3.97. The molecule has 1 aliphatic heterocycles. The molecule has 2 atom stereocenters. The minimum absolute atomic E-state index is 0. The number of halogens is 1. The van der Waals surface area contributed by atoms with Crippen LogP contribution in [0, 0.1) is 5.92 Å². The van der Waals surface area contributed by atoms with Crippen LogP contribution in [-0.2, 0) is 4.79 Å². The molecule has 4 heteroatoms. The molecule has 1 aromatic rings. The van der Waals surface area contributed by atoms with E-state index >= 15 is 0 Å². The number of carbonyl (C=O) groups excluding carboxylic acids is 1. The molecule has 1 aliphatic rings. The molecule has 0 saturated carbocycles. The van der Waals surface area contributed by atoms with E-state index in [4.69, 9.17) is 5.73 Å². The third-order valence-corrected chi connectivity index (χ3v) is 4.14. The summed E-state index contributed by atoms with van der Waals surface area (Å²) >= 11 is 0. The highest BCUT2D eigenvalue weighted by Gasteiger charge is 2.28. The molecule has 0 bridgehead atoms. The minimum Gasteiger partial charge on any atom is -0.342 e. The van der Waals surface area contributed by atoms with E-state index in [9.17, 15) is 4.79 Å². The monoisotopic (exact) mass is 296 g/mol. The predicted octanol–water partition coefficient (Wildman–Crippen LogP) is 2.80. The van der Waals surface area contributed by atoms with Gasteiger partial charge in [-0.3, -0.25) is 4.79 Å². The van der Waals surface area contributed by atoms with E-state index in [0.29, 0.717) is 12.5 Å². The van der Waals surface area contributed by atoms with E-state index in [2.05, 4.69) is 6.92 Å². The van der Waals surface area contributed by atoms with E-state index in [1.807, 2.05) is 35.2 Å². The summed E-state index contributed by atoms with van der Waals surface area (Å²) in [5.74, 6) is 0.676. The normalized spacial score (nSPS) is 20.1. The van der Waals surface area contributed by atoms with Crippen molar-refractivity contribution in [3.05, 3.63) is 35.9 Å². The number of likely N-dealkylation sites (tertiary alicyclic amines) is 1. The van der Waals surface area contributed by atoms with E-state index in [0.717, 1.165) is 31.5 Å². The molecular weight excluding hydrogens is 272 g/mol. The van der Waals surface area contributed by atoms with Crippen molar-refractivity contribution in [1.82, 2.24) is 4.90 Å². The number of benzene rings is 1. The summed E-state index contributed by atoms with van der Waals surface area (Å²) in [6, 6.07) is 9.90. The van der Waals surface area contributed by atoms with Crippen LogP contribution in [0.4, 0.5) is 0 Å². The first kappa shape index (κ1) is 17.0. The second-order valence-corrected chi connectivity index (χ2v) is 5.40. The summed E-state index contributed by atoms with van der Waals surface area (Å²) in [5, 5.41) is 0. The van der Waals surface area contributed by atoms with Crippen molar-refractivity contribution in [1.29, 1.82) is 0 Å². The summed E-state index contributed by atoms with van der Waals surface area (Å²) in [6.07, 6.45) is 3.53. The van der Waals surface area contributed by atoms with Gasteiger partial charge < -0.3 is 10.6 Å². The predicted molar refractivity (Wildman–Crippen MR) is 85.1 cm³/mol. The third-order valence-electron chi connectivity index (χ3n) is 4.14. The minimum atomic E-state index is -0.184. The molecule has 0 aliphatic carbocycles. The van der Waals surface area contributed by atoms with Crippen LogP contribution in [0.5, 0.6) is 0 Å². The summed E-state index contributed by atoms with van der Waals surface area (Å²) in [4.78, 5) is 14.7. The van der Waals surface area contributed by atoms with Gasteiger partial charge in [0.05, 0.1) is 5.92 Å². The number of carbonyl (C=O) groups is 1. The standard InChI is InChI=1S/C16H24N2O.ClH/c1-2-13-7-6-10-18(12-13)16(19)15(11-17)14-8-4-3-5-9-14;/h3-5,8-9,13,15H,2,6-7,10-12,17H2,1H3;1H. The fourth-order valence-electron chi connectivity index (χ4n) is 2.88. The van der Waals surface area contributed by atoms with Gasteiger partial charge in [0.25, 0.3) is 0 Å². The van der Waals surface area contributed by atoms with Crippen molar-refractivity contribution in [2.24, 2.45) is 11.7 Å². The molecule has 0 radical (unpaired) electrons. The Kier molecular flexibility index (Phi) is 7.03. The van der Waals surface area contributed by atoms with Crippen LogP contribution < -0.4 is 5.73 Å². The lowest BCUT2D eigenvalue weighted by atomic mass is 9.92. The van der Waals surface area contributed by atoms with Crippen molar-refractivity contribution < 1.29 is 4.79 Å².